The van der Waals surface area contributed by atoms with Crippen LogP contribution < -0.4 is 19.8 Å². The summed E-state index contributed by atoms with van der Waals surface area (Å²) in [5.41, 5.74) is 1.65. The van der Waals surface area contributed by atoms with E-state index in [0.717, 1.165) is 11.1 Å². The summed E-state index contributed by atoms with van der Waals surface area (Å²) >= 11 is 0. The zero-order chi connectivity index (χ0) is 20.7. The first-order chi connectivity index (χ1) is 13.4. The standard InChI is InChI=1S/C21H26O7/c1-13(2)16(28-23)8-6-14(3)10-11-26-20-17(24-4)12-15-7-9-18(22)27-19(15)21(20)25-5/h7,9-10,12,16,23H,1,6,8,11H2,2-5H3/b14-10+. The highest BCUT2D eigenvalue weighted by molar-refractivity contribution is 5.88. The van der Waals surface area contributed by atoms with Crippen LogP contribution in [-0.2, 0) is 4.89 Å². The maximum Gasteiger partial charge on any atom is 0.336 e. The van der Waals surface area contributed by atoms with Crippen LogP contribution in [0.4, 0.5) is 0 Å². The molecule has 0 saturated heterocycles. The Morgan fingerprint density at radius 1 is 1.25 bits per heavy atom. The van der Waals surface area contributed by atoms with E-state index in [1.807, 2.05) is 13.0 Å². The number of ether oxygens (including phenoxy) is 3. The SMILES string of the molecule is C=C(C)C(CC/C(C)=C/COc1c(OC)cc2ccc(=O)oc2c1OC)OO. The highest BCUT2D eigenvalue weighted by Crippen LogP contribution is 2.43. The van der Waals surface area contributed by atoms with Gasteiger partial charge >= 0.3 is 5.63 Å². The van der Waals surface area contributed by atoms with Crippen LogP contribution in [-0.4, -0.2) is 32.2 Å². The lowest BCUT2D eigenvalue weighted by atomic mass is 10.0. The molecule has 7 nitrogen and oxygen atoms in total. The predicted molar refractivity (Wildman–Crippen MR) is 106 cm³/mol. The molecule has 7 heteroatoms. The van der Waals surface area contributed by atoms with Crippen LogP contribution in [0.25, 0.3) is 11.0 Å². The van der Waals surface area contributed by atoms with Crippen LogP contribution in [0.3, 0.4) is 0 Å². The number of rotatable bonds is 10. The van der Waals surface area contributed by atoms with Gasteiger partial charge in [0.05, 0.1) is 14.2 Å². The largest absolute Gasteiger partial charge is 0.493 e. The Bertz CT molecular complexity index is 911. The topological polar surface area (TPSA) is 87.4 Å². The summed E-state index contributed by atoms with van der Waals surface area (Å²) in [7, 11) is 3.00. The molecule has 0 bridgehead atoms. The molecule has 0 saturated carbocycles. The number of methoxy groups -OCH3 is 2. The van der Waals surface area contributed by atoms with Crippen LogP contribution in [0, 0.1) is 0 Å². The van der Waals surface area contributed by atoms with Gasteiger partial charge in [0, 0.05) is 11.5 Å². The quantitative estimate of drug-likeness (QED) is 0.279. The highest BCUT2D eigenvalue weighted by Gasteiger charge is 2.19. The average Bonchev–Trinajstić information content (AvgIpc) is 2.67. The fraction of sp³-hybridized carbons (Fsp3) is 0.381. The third-order valence-electron chi connectivity index (χ3n) is 4.35. The molecule has 1 unspecified atom stereocenters. The zero-order valence-corrected chi connectivity index (χ0v) is 16.6. The fourth-order valence-corrected chi connectivity index (χ4v) is 2.73. The fourth-order valence-electron chi connectivity index (χ4n) is 2.73. The van der Waals surface area contributed by atoms with Crippen LogP contribution in [0.2, 0.25) is 0 Å². The first kappa shape index (κ1) is 21.5. The Morgan fingerprint density at radius 3 is 2.61 bits per heavy atom. The van der Waals surface area contributed by atoms with Crippen molar-refractivity contribution < 1.29 is 28.8 Å². The van der Waals surface area contributed by atoms with Crippen molar-refractivity contribution in [1.29, 1.82) is 0 Å². The van der Waals surface area contributed by atoms with E-state index in [0.29, 0.717) is 41.1 Å². The molecule has 2 aromatic rings. The van der Waals surface area contributed by atoms with Crippen molar-refractivity contribution in [3.05, 3.63) is 52.4 Å². The molecule has 1 aromatic heterocycles. The van der Waals surface area contributed by atoms with Crippen LogP contribution >= 0.6 is 0 Å². The van der Waals surface area contributed by atoms with Gasteiger partial charge < -0.3 is 18.6 Å². The summed E-state index contributed by atoms with van der Waals surface area (Å²) in [5, 5.41) is 9.56. The van der Waals surface area contributed by atoms with Gasteiger partial charge in [-0.1, -0.05) is 12.2 Å². The first-order valence-corrected chi connectivity index (χ1v) is 8.84. The molecule has 0 aliphatic heterocycles. The molecule has 0 amide bonds. The molecule has 1 N–H and O–H groups in total. The minimum Gasteiger partial charge on any atom is -0.493 e. The van der Waals surface area contributed by atoms with Gasteiger partial charge in [-0.25, -0.2) is 9.68 Å². The second kappa shape index (κ2) is 9.96. The van der Waals surface area contributed by atoms with E-state index < -0.39 is 11.7 Å². The minimum atomic E-state index is -0.476. The number of hydrogen-bond donors (Lipinski definition) is 1. The van der Waals surface area contributed by atoms with Gasteiger partial charge in [0.2, 0.25) is 11.5 Å². The molecular formula is C21H26O7. The summed E-state index contributed by atoms with van der Waals surface area (Å²) in [5.74, 6) is 1.13. The van der Waals surface area contributed by atoms with E-state index in [1.54, 1.807) is 19.1 Å². The molecule has 0 spiro atoms. The third kappa shape index (κ3) is 5.15. The second-order valence-electron chi connectivity index (χ2n) is 6.45. The van der Waals surface area contributed by atoms with Gasteiger partial charge in [-0.05, 0) is 50.5 Å². The average molecular weight is 390 g/mol. The smallest absolute Gasteiger partial charge is 0.336 e. The van der Waals surface area contributed by atoms with E-state index in [1.165, 1.54) is 20.3 Å². The first-order valence-electron chi connectivity index (χ1n) is 8.84. The predicted octanol–water partition coefficient (Wildman–Crippen LogP) is 4.35. The van der Waals surface area contributed by atoms with E-state index in [9.17, 15) is 4.79 Å². The molecule has 1 heterocycles. The van der Waals surface area contributed by atoms with Crippen molar-refractivity contribution in [2.75, 3.05) is 20.8 Å². The van der Waals surface area contributed by atoms with Gasteiger partial charge in [0.25, 0.3) is 0 Å². The maximum absolute atomic E-state index is 11.6. The van der Waals surface area contributed by atoms with E-state index in [4.69, 9.17) is 23.9 Å². The lowest BCUT2D eigenvalue weighted by molar-refractivity contribution is -0.269. The summed E-state index contributed by atoms with van der Waals surface area (Å²) < 4.78 is 22.0. The molecule has 0 aliphatic rings. The van der Waals surface area contributed by atoms with E-state index in [2.05, 4.69) is 11.5 Å². The Labute approximate surface area is 163 Å². The van der Waals surface area contributed by atoms with Crippen molar-refractivity contribution >= 4 is 11.0 Å². The third-order valence-corrected chi connectivity index (χ3v) is 4.35. The Balaban J connectivity index is 2.19. The van der Waals surface area contributed by atoms with Crippen molar-refractivity contribution in [1.82, 2.24) is 0 Å². The zero-order valence-electron chi connectivity index (χ0n) is 16.6. The summed E-state index contributed by atoms with van der Waals surface area (Å²) in [6.07, 6.45) is 2.84. The maximum atomic E-state index is 11.6. The number of allylic oxidation sites excluding steroid dienone is 1. The lowest BCUT2D eigenvalue weighted by Gasteiger charge is -2.15. The Kier molecular flexibility index (Phi) is 7.66. The highest BCUT2D eigenvalue weighted by atomic mass is 17.1. The van der Waals surface area contributed by atoms with Gasteiger partial charge in [0.15, 0.2) is 11.3 Å². The molecule has 28 heavy (non-hydrogen) atoms. The Hall–Kier alpha value is -2.77. The van der Waals surface area contributed by atoms with E-state index in [-0.39, 0.29) is 6.61 Å². The van der Waals surface area contributed by atoms with Crippen LogP contribution in [0.15, 0.2) is 51.2 Å². The molecule has 2 rings (SSSR count). The van der Waals surface area contributed by atoms with E-state index >= 15 is 0 Å². The molecule has 0 fully saturated rings. The summed E-state index contributed by atoms with van der Waals surface area (Å²) in [6, 6.07) is 4.70. The van der Waals surface area contributed by atoms with Crippen molar-refractivity contribution in [3.63, 3.8) is 0 Å². The summed E-state index contributed by atoms with van der Waals surface area (Å²) in [6.45, 7) is 7.82. The Morgan fingerprint density at radius 2 is 2.00 bits per heavy atom. The number of fused-ring (bicyclic) bond motifs is 1. The molecule has 0 aliphatic carbocycles. The van der Waals surface area contributed by atoms with Crippen molar-refractivity contribution in [3.8, 4) is 17.2 Å². The summed E-state index contributed by atoms with van der Waals surface area (Å²) in [4.78, 5) is 16.0. The molecule has 1 atom stereocenters. The normalized spacial score (nSPS) is 12.7. The monoisotopic (exact) mass is 390 g/mol. The second-order valence-corrected chi connectivity index (χ2v) is 6.45. The van der Waals surface area contributed by atoms with Gasteiger partial charge in [-0.3, -0.25) is 5.26 Å². The van der Waals surface area contributed by atoms with Crippen LogP contribution in [0.5, 0.6) is 17.2 Å². The van der Waals surface area contributed by atoms with Crippen LogP contribution in [0.1, 0.15) is 26.7 Å². The molecular weight excluding hydrogens is 364 g/mol. The minimum absolute atomic E-state index is 0.263. The van der Waals surface area contributed by atoms with Crippen molar-refractivity contribution in [2.24, 2.45) is 0 Å². The lowest BCUT2D eigenvalue weighted by Crippen LogP contribution is -2.11. The molecule has 0 radical (unpaired) electrons. The molecule has 152 valence electrons. The van der Waals surface area contributed by atoms with Gasteiger partial charge in [-0.15, -0.1) is 0 Å². The molecule has 1 aromatic carbocycles. The number of benzene rings is 1. The van der Waals surface area contributed by atoms with Gasteiger partial charge in [0.1, 0.15) is 12.7 Å². The van der Waals surface area contributed by atoms with Crippen molar-refractivity contribution in [2.45, 2.75) is 32.8 Å². The number of hydrogen-bond acceptors (Lipinski definition) is 7. The van der Waals surface area contributed by atoms with Gasteiger partial charge in [-0.2, -0.15) is 0 Å².